The molecule has 3 rings (SSSR count). The van der Waals surface area contributed by atoms with Crippen LogP contribution in [0.4, 0.5) is 0 Å². The summed E-state index contributed by atoms with van der Waals surface area (Å²) in [6.45, 7) is 0.182. The number of carbonyl (C=O) groups is 2. The molecule has 0 radical (unpaired) electrons. The van der Waals surface area contributed by atoms with E-state index in [4.69, 9.17) is 9.47 Å². The van der Waals surface area contributed by atoms with Crippen molar-refractivity contribution in [1.29, 1.82) is 0 Å². The Hall–Kier alpha value is -2.28. The summed E-state index contributed by atoms with van der Waals surface area (Å²) in [5.74, 6) is -0.0361. The maximum Gasteiger partial charge on any atom is 0.333 e. The first kappa shape index (κ1) is 16.6. The van der Waals surface area contributed by atoms with Gasteiger partial charge in [0.25, 0.3) is 0 Å². The lowest BCUT2D eigenvalue weighted by atomic mass is 9.96. The number of fused-ring (bicyclic) bond motifs is 1. The number of benzene rings is 1. The van der Waals surface area contributed by atoms with Gasteiger partial charge in [0.2, 0.25) is 12.7 Å². The maximum absolute atomic E-state index is 12.1. The van der Waals surface area contributed by atoms with Crippen LogP contribution in [0.5, 0.6) is 11.5 Å². The quantitative estimate of drug-likeness (QED) is 0.767. The van der Waals surface area contributed by atoms with Crippen LogP contribution in [-0.4, -0.2) is 23.8 Å². The molecule has 0 fully saturated rings. The molecule has 0 saturated carbocycles. The molecule has 6 nitrogen and oxygen atoms in total. The Morgan fingerprint density at radius 3 is 2.62 bits per heavy atom. The highest BCUT2D eigenvalue weighted by atomic mass is 79.9. The number of carboxylic acids is 1. The van der Waals surface area contributed by atoms with Gasteiger partial charge in [-0.15, -0.1) is 0 Å². The zero-order chi connectivity index (χ0) is 17.1. The molecule has 0 bridgehead atoms. The lowest BCUT2D eigenvalue weighted by Gasteiger charge is -2.17. The van der Waals surface area contributed by atoms with E-state index in [0.717, 1.165) is 22.9 Å². The van der Waals surface area contributed by atoms with E-state index in [0.29, 0.717) is 35.6 Å². The van der Waals surface area contributed by atoms with Gasteiger partial charge in [0.1, 0.15) is 0 Å². The lowest BCUT2D eigenvalue weighted by molar-refractivity contribution is -0.133. The van der Waals surface area contributed by atoms with E-state index in [9.17, 15) is 14.7 Å². The fourth-order valence-corrected chi connectivity index (χ4v) is 3.15. The van der Waals surface area contributed by atoms with Crippen molar-refractivity contribution < 1.29 is 24.2 Å². The summed E-state index contributed by atoms with van der Waals surface area (Å²) in [7, 11) is 0. The molecule has 126 valence electrons. The van der Waals surface area contributed by atoms with Crippen molar-refractivity contribution in [2.24, 2.45) is 0 Å². The minimum absolute atomic E-state index is 0.182. The van der Waals surface area contributed by atoms with Crippen LogP contribution in [0.15, 0.2) is 34.0 Å². The van der Waals surface area contributed by atoms with E-state index in [2.05, 4.69) is 21.2 Å². The average Bonchev–Trinajstić information content (AvgIpc) is 3.00. The van der Waals surface area contributed by atoms with Gasteiger partial charge in [-0.1, -0.05) is 15.9 Å². The van der Waals surface area contributed by atoms with Crippen LogP contribution in [0.3, 0.4) is 0 Å². The molecule has 2 aliphatic rings. The Labute approximate surface area is 147 Å². The molecular formula is C17H16BrNO5. The minimum Gasteiger partial charge on any atom is -0.478 e. The van der Waals surface area contributed by atoms with Crippen LogP contribution >= 0.6 is 15.9 Å². The predicted molar refractivity (Wildman–Crippen MR) is 90.6 cm³/mol. The van der Waals surface area contributed by atoms with Crippen molar-refractivity contribution >= 4 is 33.9 Å². The Morgan fingerprint density at radius 1 is 1.17 bits per heavy atom. The molecule has 1 aromatic carbocycles. The molecule has 7 heteroatoms. The van der Waals surface area contributed by atoms with Gasteiger partial charge in [0, 0.05) is 16.2 Å². The first-order chi connectivity index (χ1) is 11.5. The molecule has 1 aliphatic heterocycles. The largest absolute Gasteiger partial charge is 0.478 e. The highest BCUT2D eigenvalue weighted by molar-refractivity contribution is 9.10. The highest BCUT2D eigenvalue weighted by Crippen LogP contribution is 2.37. The van der Waals surface area contributed by atoms with Crippen LogP contribution in [0.25, 0.3) is 6.08 Å². The van der Waals surface area contributed by atoms with Gasteiger partial charge in [-0.05, 0) is 49.5 Å². The molecule has 1 aliphatic carbocycles. The number of allylic oxidation sites excluding steroid dienone is 1. The van der Waals surface area contributed by atoms with Gasteiger partial charge in [-0.2, -0.15) is 0 Å². The Morgan fingerprint density at radius 2 is 1.88 bits per heavy atom. The molecule has 0 atom stereocenters. The van der Waals surface area contributed by atoms with Crippen LogP contribution in [0, 0.1) is 0 Å². The van der Waals surface area contributed by atoms with E-state index in [-0.39, 0.29) is 12.7 Å². The van der Waals surface area contributed by atoms with E-state index in [1.165, 1.54) is 6.08 Å². The fourth-order valence-electron chi connectivity index (χ4n) is 2.70. The normalized spacial score (nSPS) is 16.5. The summed E-state index contributed by atoms with van der Waals surface area (Å²) in [6, 6.07) is 3.56. The monoisotopic (exact) mass is 393 g/mol. The Kier molecular flexibility index (Phi) is 4.89. The predicted octanol–water partition coefficient (Wildman–Crippen LogP) is 3.22. The lowest BCUT2D eigenvalue weighted by Crippen LogP contribution is -2.25. The van der Waals surface area contributed by atoms with Crippen molar-refractivity contribution in [3.63, 3.8) is 0 Å². The molecule has 1 heterocycles. The third-order valence-corrected chi connectivity index (χ3v) is 4.59. The van der Waals surface area contributed by atoms with Crippen LogP contribution < -0.4 is 14.8 Å². The number of aliphatic carboxylic acids is 1. The van der Waals surface area contributed by atoms with Crippen molar-refractivity contribution in [3.05, 3.63) is 39.5 Å². The third kappa shape index (κ3) is 3.62. The second kappa shape index (κ2) is 7.09. The Bertz CT molecular complexity index is 754. The number of amides is 1. The van der Waals surface area contributed by atoms with E-state index in [1.807, 2.05) is 0 Å². The number of halogens is 1. The smallest absolute Gasteiger partial charge is 0.333 e. The van der Waals surface area contributed by atoms with E-state index in [1.54, 1.807) is 18.2 Å². The second-order valence-electron chi connectivity index (χ2n) is 5.52. The molecule has 24 heavy (non-hydrogen) atoms. The molecule has 0 spiro atoms. The van der Waals surface area contributed by atoms with Crippen molar-refractivity contribution in [3.8, 4) is 11.5 Å². The highest BCUT2D eigenvalue weighted by Gasteiger charge is 2.19. The van der Waals surface area contributed by atoms with Crippen molar-refractivity contribution in [2.75, 3.05) is 6.79 Å². The van der Waals surface area contributed by atoms with Gasteiger partial charge in [0.05, 0.1) is 5.57 Å². The van der Waals surface area contributed by atoms with Gasteiger partial charge < -0.3 is 19.9 Å². The number of ether oxygens (including phenoxy) is 2. The van der Waals surface area contributed by atoms with E-state index < -0.39 is 5.97 Å². The molecular weight excluding hydrogens is 378 g/mol. The van der Waals surface area contributed by atoms with Gasteiger partial charge in [-0.3, -0.25) is 4.79 Å². The fraction of sp³-hybridized carbons (Fsp3) is 0.294. The summed E-state index contributed by atoms with van der Waals surface area (Å²) in [6.07, 6.45) is 5.80. The zero-order valence-electron chi connectivity index (χ0n) is 12.8. The van der Waals surface area contributed by atoms with Crippen LogP contribution in [0.1, 0.15) is 31.2 Å². The third-order valence-electron chi connectivity index (χ3n) is 3.91. The standard InChI is InChI=1S/C17H16BrNO5/c18-12-8-15-14(23-9-24-15)7-10(12)5-6-16(20)19-13-4-2-1-3-11(13)17(21)22/h5-8H,1-4,9H2,(H,19,20)(H,21,22)/b6-5+. The van der Waals surface area contributed by atoms with Crippen molar-refractivity contribution in [2.45, 2.75) is 25.7 Å². The molecule has 0 aromatic heterocycles. The minimum atomic E-state index is -0.965. The molecule has 1 aromatic rings. The molecule has 0 saturated heterocycles. The van der Waals surface area contributed by atoms with Gasteiger partial charge >= 0.3 is 5.97 Å². The number of hydrogen-bond donors (Lipinski definition) is 2. The number of carbonyl (C=O) groups excluding carboxylic acids is 1. The summed E-state index contributed by atoms with van der Waals surface area (Å²) < 4.78 is 11.4. The first-order valence-electron chi connectivity index (χ1n) is 7.58. The van der Waals surface area contributed by atoms with Crippen molar-refractivity contribution in [1.82, 2.24) is 5.32 Å². The average molecular weight is 394 g/mol. The number of hydrogen-bond acceptors (Lipinski definition) is 4. The van der Waals surface area contributed by atoms with Crippen LogP contribution in [0.2, 0.25) is 0 Å². The van der Waals surface area contributed by atoms with Crippen LogP contribution in [-0.2, 0) is 9.59 Å². The first-order valence-corrected chi connectivity index (χ1v) is 8.37. The molecule has 0 unspecified atom stereocenters. The van der Waals surface area contributed by atoms with Gasteiger partial charge in [0.15, 0.2) is 11.5 Å². The topological polar surface area (TPSA) is 84.9 Å². The summed E-state index contributed by atoms with van der Waals surface area (Å²) in [5, 5.41) is 11.9. The molecule has 2 N–H and O–H groups in total. The number of rotatable bonds is 4. The number of carboxylic acid groups (broad SMARTS) is 1. The zero-order valence-corrected chi connectivity index (χ0v) is 14.4. The van der Waals surface area contributed by atoms with E-state index >= 15 is 0 Å². The number of nitrogens with one attached hydrogen (secondary N) is 1. The summed E-state index contributed by atoms with van der Waals surface area (Å²) in [5.41, 5.74) is 1.57. The Balaban J connectivity index is 1.73. The summed E-state index contributed by atoms with van der Waals surface area (Å²) >= 11 is 3.42. The second-order valence-corrected chi connectivity index (χ2v) is 6.37. The maximum atomic E-state index is 12.1. The van der Waals surface area contributed by atoms with Gasteiger partial charge in [-0.25, -0.2) is 4.79 Å². The summed E-state index contributed by atoms with van der Waals surface area (Å²) in [4.78, 5) is 23.3. The SMILES string of the molecule is O=C(/C=C/c1cc2c(cc1Br)OCO2)NC1=C(C(=O)O)CCCC1. The molecule has 1 amide bonds.